The van der Waals surface area contributed by atoms with Crippen LogP contribution in [0.2, 0.25) is 5.02 Å². The van der Waals surface area contributed by atoms with Crippen molar-refractivity contribution in [3.8, 4) is 0 Å². The lowest BCUT2D eigenvalue weighted by atomic mass is 9.98. The molecule has 0 bridgehead atoms. The van der Waals surface area contributed by atoms with Crippen LogP contribution in [0.3, 0.4) is 0 Å². The van der Waals surface area contributed by atoms with E-state index in [0.29, 0.717) is 10.6 Å². The fourth-order valence-electron chi connectivity index (χ4n) is 2.32. The Morgan fingerprint density at radius 3 is 2.84 bits per heavy atom. The van der Waals surface area contributed by atoms with Crippen LogP contribution in [0.15, 0.2) is 35.2 Å². The van der Waals surface area contributed by atoms with E-state index in [1.54, 1.807) is 17.8 Å². The molecule has 0 saturated carbocycles. The number of benzene rings is 1. The van der Waals surface area contributed by atoms with E-state index in [2.05, 4.69) is 13.5 Å². The number of carbonyl (C=O) groups is 1. The second-order valence-electron chi connectivity index (χ2n) is 4.95. The molecular formula is C16H19ClOS. The first-order valence-corrected chi connectivity index (χ1v) is 8.09. The van der Waals surface area contributed by atoms with Crippen LogP contribution in [0.1, 0.15) is 49.4 Å². The first-order chi connectivity index (χ1) is 9.13. The number of carbonyl (C=O) groups excluding carboxylic acids is 1. The Kier molecular flexibility index (Phi) is 5.12. The normalized spacial score (nSPS) is 18.5. The molecule has 0 fully saturated rings. The minimum absolute atomic E-state index is 0.0664. The lowest BCUT2D eigenvalue weighted by molar-refractivity contribution is 0.102. The minimum atomic E-state index is 0.0664. The molecule has 1 aliphatic heterocycles. The van der Waals surface area contributed by atoms with Crippen LogP contribution in [0.4, 0.5) is 0 Å². The highest BCUT2D eigenvalue weighted by Gasteiger charge is 2.29. The average molecular weight is 295 g/mol. The third-order valence-corrected chi connectivity index (χ3v) is 5.11. The molecule has 0 amide bonds. The van der Waals surface area contributed by atoms with Gasteiger partial charge in [0.05, 0.1) is 0 Å². The van der Waals surface area contributed by atoms with Gasteiger partial charge in [-0.25, -0.2) is 0 Å². The summed E-state index contributed by atoms with van der Waals surface area (Å²) >= 11 is 7.71. The third-order valence-electron chi connectivity index (χ3n) is 3.46. The minimum Gasteiger partial charge on any atom is -0.289 e. The lowest BCUT2D eigenvalue weighted by Gasteiger charge is -2.25. The van der Waals surface area contributed by atoms with Crippen LogP contribution >= 0.6 is 23.4 Å². The molecule has 3 heteroatoms. The topological polar surface area (TPSA) is 17.1 Å². The number of fused-ring (bicyclic) bond motifs is 1. The van der Waals surface area contributed by atoms with Gasteiger partial charge in [0.25, 0.3) is 0 Å². The van der Waals surface area contributed by atoms with Crippen molar-refractivity contribution < 1.29 is 4.79 Å². The van der Waals surface area contributed by atoms with E-state index in [-0.39, 0.29) is 11.0 Å². The zero-order chi connectivity index (χ0) is 13.8. The van der Waals surface area contributed by atoms with Gasteiger partial charge in [0, 0.05) is 26.3 Å². The average Bonchev–Trinajstić information content (AvgIpc) is 2.41. The van der Waals surface area contributed by atoms with Crippen molar-refractivity contribution in [1.29, 1.82) is 0 Å². The van der Waals surface area contributed by atoms with Gasteiger partial charge in [0.1, 0.15) is 0 Å². The quantitative estimate of drug-likeness (QED) is 0.525. The highest BCUT2D eigenvalue weighted by Crippen LogP contribution is 2.40. The maximum atomic E-state index is 12.3. The molecule has 0 aliphatic carbocycles. The highest BCUT2D eigenvalue weighted by atomic mass is 35.5. The van der Waals surface area contributed by atoms with Crippen molar-refractivity contribution in [2.45, 2.75) is 49.2 Å². The first-order valence-electron chi connectivity index (χ1n) is 6.83. The van der Waals surface area contributed by atoms with Crippen LogP contribution in [0.25, 0.3) is 0 Å². The largest absolute Gasteiger partial charge is 0.289 e. The van der Waals surface area contributed by atoms with Gasteiger partial charge in [-0.1, -0.05) is 50.8 Å². The van der Waals surface area contributed by atoms with Gasteiger partial charge in [-0.05, 0) is 24.6 Å². The van der Waals surface area contributed by atoms with E-state index in [0.717, 1.165) is 16.9 Å². The number of ketones is 1. The van der Waals surface area contributed by atoms with Crippen LogP contribution < -0.4 is 0 Å². The SMILES string of the molecule is C=C1C(=O)c2cc(Cl)ccc2SC1CCCCCC. The molecule has 1 aliphatic rings. The molecule has 1 aromatic carbocycles. The second-order valence-corrected chi connectivity index (χ2v) is 6.63. The van der Waals surface area contributed by atoms with Crippen molar-refractivity contribution in [2.24, 2.45) is 0 Å². The molecule has 1 atom stereocenters. The predicted octanol–water partition coefficient (Wildman–Crippen LogP) is 5.52. The molecular weight excluding hydrogens is 276 g/mol. The number of hydrogen-bond donors (Lipinski definition) is 0. The summed E-state index contributed by atoms with van der Waals surface area (Å²) in [7, 11) is 0. The highest BCUT2D eigenvalue weighted by molar-refractivity contribution is 8.00. The zero-order valence-electron chi connectivity index (χ0n) is 11.2. The van der Waals surface area contributed by atoms with E-state index in [1.165, 1.54) is 25.7 Å². The molecule has 19 heavy (non-hydrogen) atoms. The van der Waals surface area contributed by atoms with Gasteiger partial charge in [-0.2, -0.15) is 0 Å². The molecule has 0 N–H and O–H groups in total. The van der Waals surface area contributed by atoms with Gasteiger partial charge in [-0.3, -0.25) is 4.79 Å². The maximum absolute atomic E-state index is 12.3. The van der Waals surface area contributed by atoms with Crippen LogP contribution in [-0.4, -0.2) is 11.0 Å². The fourth-order valence-corrected chi connectivity index (χ4v) is 3.75. The summed E-state index contributed by atoms with van der Waals surface area (Å²) in [6.45, 7) is 6.20. The standard InChI is InChI=1S/C16H19ClOS/c1-3-4-5-6-7-14-11(2)16(18)13-10-12(17)8-9-15(13)19-14/h8-10,14H,2-7H2,1H3. The van der Waals surface area contributed by atoms with Crippen molar-refractivity contribution in [3.05, 3.63) is 40.9 Å². The summed E-state index contributed by atoms with van der Waals surface area (Å²) in [4.78, 5) is 13.3. The Balaban J connectivity index is 2.08. The van der Waals surface area contributed by atoms with E-state index in [4.69, 9.17) is 11.6 Å². The molecule has 0 radical (unpaired) electrons. The van der Waals surface area contributed by atoms with Crippen molar-refractivity contribution in [2.75, 3.05) is 0 Å². The van der Waals surface area contributed by atoms with Gasteiger partial charge in [0.2, 0.25) is 0 Å². The van der Waals surface area contributed by atoms with Crippen LogP contribution in [0.5, 0.6) is 0 Å². The van der Waals surface area contributed by atoms with Gasteiger partial charge in [0.15, 0.2) is 5.78 Å². The van der Waals surface area contributed by atoms with Gasteiger partial charge >= 0.3 is 0 Å². The summed E-state index contributed by atoms with van der Waals surface area (Å²) in [5, 5.41) is 0.847. The Morgan fingerprint density at radius 1 is 1.32 bits per heavy atom. The molecule has 0 spiro atoms. The Labute approximate surface area is 124 Å². The fraction of sp³-hybridized carbons (Fsp3) is 0.438. The monoisotopic (exact) mass is 294 g/mol. The number of halogens is 1. The Hall–Kier alpha value is -0.730. The number of rotatable bonds is 5. The summed E-state index contributed by atoms with van der Waals surface area (Å²) < 4.78 is 0. The predicted molar refractivity (Wildman–Crippen MR) is 83.3 cm³/mol. The van der Waals surface area contributed by atoms with Crippen LogP contribution in [0, 0.1) is 0 Å². The molecule has 0 aromatic heterocycles. The van der Waals surface area contributed by atoms with Crippen molar-refractivity contribution in [3.63, 3.8) is 0 Å². The van der Waals surface area contributed by atoms with E-state index >= 15 is 0 Å². The maximum Gasteiger partial charge on any atom is 0.190 e. The summed E-state index contributed by atoms with van der Waals surface area (Å²) in [6, 6.07) is 5.55. The molecule has 1 unspecified atom stereocenters. The molecule has 1 nitrogen and oxygen atoms in total. The zero-order valence-corrected chi connectivity index (χ0v) is 12.8. The lowest BCUT2D eigenvalue weighted by Crippen LogP contribution is -2.20. The molecule has 0 saturated heterocycles. The Bertz CT molecular complexity index is 496. The van der Waals surface area contributed by atoms with E-state index in [9.17, 15) is 4.79 Å². The number of Topliss-reactive ketones (excluding diaryl/α,β-unsaturated/α-hetero) is 1. The summed E-state index contributed by atoms with van der Waals surface area (Å²) in [5.41, 5.74) is 1.45. The first kappa shape index (κ1) is 14.7. The van der Waals surface area contributed by atoms with Crippen molar-refractivity contribution in [1.82, 2.24) is 0 Å². The second kappa shape index (κ2) is 6.62. The molecule has 2 rings (SSSR count). The third kappa shape index (κ3) is 3.43. The number of hydrogen-bond acceptors (Lipinski definition) is 2. The molecule has 1 heterocycles. The molecule has 102 valence electrons. The van der Waals surface area contributed by atoms with Gasteiger partial charge < -0.3 is 0 Å². The number of unbranched alkanes of at least 4 members (excludes halogenated alkanes) is 3. The van der Waals surface area contributed by atoms with E-state index < -0.39 is 0 Å². The smallest absolute Gasteiger partial charge is 0.190 e. The summed E-state index contributed by atoms with van der Waals surface area (Å²) in [5.74, 6) is 0.0664. The summed E-state index contributed by atoms with van der Waals surface area (Å²) in [6.07, 6.45) is 5.95. The van der Waals surface area contributed by atoms with Crippen LogP contribution in [-0.2, 0) is 0 Å². The number of thioether (sulfide) groups is 1. The molecule has 1 aromatic rings. The van der Waals surface area contributed by atoms with Gasteiger partial charge in [-0.15, -0.1) is 11.8 Å². The van der Waals surface area contributed by atoms with Crippen molar-refractivity contribution >= 4 is 29.1 Å². The Morgan fingerprint density at radius 2 is 2.11 bits per heavy atom. The van der Waals surface area contributed by atoms with E-state index in [1.807, 2.05) is 12.1 Å².